The molecule has 6 nitrogen and oxygen atoms in total. The van der Waals surface area contributed by atoms with Crippen LogP contribution >= 0.6 is 0 Å². The van der Waals surface area contributed by atoms with Crippen molar-refractivity contribution in [1.82, 2.24) is 0 Å². The van der Waals surface area contributed by atoms with Crippen molar-refractivity contribution in [1.29, 1.82) is 0 Å². The van der Waals surface area contributed by atoms with Gasteiger partial charge in [0.05, 0.1) is 0 Å². The number of hydrogen-bond acceptors (Lipinski definition) is 6. The van der Waals surface area contributed by atoms with E-state index in [0.29, 0.717) is 33.6 Å². The van der Waals surface area contributed by atoms with Gasteiger partial charge in [0.25, 0.3) is 0 Å². The Balaban J connectivity index is 2.01. The molecule has 0 aliphatic heterocycles. The topological polar surface area (TPSA) is 78.9 Å². The van der Waals surface area contributed by atoms with Gasteiger partial charge in [0.15, 0.2) is 11.5 Å². The third kappa shape index (κ3) is 6.88. The summed E-state index contributed by atoms with van der Waals surface area (Å²) in [5.41, 5.74) is 3.66. The minimum atomic E-state index is -0.730. The first-order valence-electron chi connectivity index (χ1n) is 12.2. The molecular weight excluding hydrogens is 511 g/mol. The second-order valence-corrected chi connectivity index (χ2v) is 9.36. The van der Waals surface area contributed by atoms with E-state index in [9.17, 15) is 14.4 Å². The number of allylic oxidation sites excluding steroid dienone is 1. The standard InChI is InChI=1S/C33H29FO6/c1-18(2)26-15-22(10-13-28(26)38-31(35)19(3)4)23-9-12-25(27(34)16-23)24-11-14-29(39-32(36)20(5)6)30(17-24)40-33(37)21(7)8/h9-17H,1,3,5,7H2,2,4,6,8H3. The van der Waals surface area contributed by atoms with Gasteiger partial charge in [0, 0.05) is 27.8 Å². The molecule has 3 aromatic carbocycles. The van der Waals surface area contributed by atoms with Crippen molar-refractivity contribution in [3.63, 3.8) is 0 Å². The predicted octanol–water partition coefficient (Wildman–Crippen LogP) is 7.64. The number of hydrogen-bond donors (Lipinski definition) is 0. The quantitative estimate of drug-likeness (QED) is 0.158. The number of rotatable bonds is 9. The molecule has 0 aromatic heterocycles. The molecule has 0 unspecified atom stereocenters. The van der Waals surface area contributed by atoms with Crippen LogP contribution in [-0.4, -0.2) is 17.9 Å². The summed E-state index contributed by atoms with van der Waals surface area (Å²) in [4.78, 5) is 36.3. The zero-order valence-electron chi connectivity index (χ0n) is 22.9. The van der Waals surface area contributed by atoms with Gasteiger partial charge in [0.1, 0.15) is 11.6 Å². The van der Waals surface area contributed by atoms with E-state index >= 15 is 4.39 Å². The molecule has 3 aromatic rings. The van der Waals surface area contributed by atoms with Crippen LogP contribution in [0.25, 0.3) is 27.8 Å². The first-order chi connectivity index (χ1) is 18.8. The molecule has 3 rings (SSSR count). The van der Waals surface area contributed by atoms with Crippen LogP contribution in [0.2, 0.25) is 0 Å². The smallest absolute Gasteiger partial charge is 0.338 e. The largest absolute Gasteiger partial charge is 0.423 e. The maximum absolute atomic E-state index is 15.4. The molecule has 0 saturated heterocycles. The summed E-state index contributed by atoms with van der Waals surface area (Å²) in [6.45, 7) is 20.9. The molecule has 0 N–H and O–H groups in total. The van der Waals surface area contributed by atoms with Crippen molar-refractivity contribution in [2.75, 3.05) is 0 Å². The van der Waals surface area contributed by atoms with Crippen LogP contribution in [0.1, 0.15) is 33.3 Å². The highest BCUT2D eigenvalue weighted by atomic mass is 19.1. The normalized spacial score (nSPS) is 10.3. The van der Waals surface area contributed by atoms with Gasteiger partial charge in [-0.15, -0.1) is 0 Å². The van der Waals surface area contributed by atoms with Gasteiger partial charge in [-0.2, -0.15) is 0 Å². The van der Waals surface area contributed by atoms with Crippen molar-refractivity contribution in [3.8, 4) is 39.5 Å². The Hall–Kier alpha value is -5.04. The Morgan fingerprint density at radius 2 is 1.02 bits per heavy atom. The lowest BCUT2D eigenvalue weighted by molar-refractivity contribution is -0.132. The van der Waals surface area contributed by atoms with E-state index in [0.717, 1.165) is 0 Å². The summed E-state index contributed by atoms with van der Waals surface area (Å²) in [5, 5.41) is 0. The van der Waals surface area contributed by atoms with Crippen LogP contribution in [0.3, 0.4) is 0 Å². The van der Waals surface area contributed by atoms with Gasteiger partial charge < -0.3 is 14.2 Å². The van der Waals surface area contributed by atoms with Crippen LogP contribution in [0, 0.1) is 5.82 Å². The van der Waals surface area contributed by atoms with Crippen LogP contribution < -0.4 is 14.2 Å². The summed E-state index contributed by atoms with van der Waals surface area (Å²) in [6.07, 6.45) is 0. The number of ether oxygens (including phenoxy) is 3. The maximum Gasteiger partial charge on any atom is 0.338 e. The average molecular weight is 541 g/mol. The number of halogens is 1. The monoisotopic (exact) mass is 540 g/mol. The molecule has 0 aliphatic rings. The summed E-state index contributed by atoms with van der Waals surface area (Å²) in [6, 6.07) is 14.1. The van der Waals surface area contributed by atoms with Gasteiger partial charge in [-0.1, -0.05) is 50.6 Å². The fourth-order valence-electron chi connectivity index (χ4n) is 3.46. The minimum absolute atomic E-state index is 0.0249. The fraction of sp³-hybridized carbons (Fsp3) is 0.121. The third-order valence-corrected chi connectivity index (χ3v) is 5.65. The third-order valence-electron chi connectivity index (χ3n) is 5.65. The molecule has 0 radical (unpaired) electrons. The average Bonchev–Trinajstić information content (AvgIpc) is 2.89. The molecule has 0 heterocycles. The number of carbonyl (C=O) groups excluding carboxylic acids is 3. The SMILES string of the molecule is C=C(C)C(=O)Oc1ccc(-c2ccc(-c3ccc(OC(=O)C(=C)C)c(C(=C)C)c3)cc2F)cc1OC(=O)C(=C)C. The van der Waals surface area contributed by atoms with E-state index in [1.54, 1.807) is 50.2 Å². The van der Waals surface area contributed by atoms with E-state index in [2.05, 4.69) is 26.3 Å². The second kappa shape index (κ2) is 12.2. The van der Waals surface area contributed by atoms with E-state index in [-0.39, 0.29) is 33.8 Å². The van der Waals surface area contributed by atoms with Crippen molar-refractivity contribution in [3.05, 3.63) is 109 Å². The van der Waals surface area contributed by atoms with Crippen molar-refractivity contribution in [2.24, 2.45) is 0 Å². The highest BCUT2D eigenvalue weighted by Crippen LogP contribution is 2.37. The van der Waals surface area contributed by atoms with E-state index in [1.165, 1.54) is 32.0 Å². The summed E-state index contributed by atoms with van der Waals surface area (Å²) >= 11 is 0. The molecule has 40 heavy (non-hydrogen) atoms. The zero-order valence-corrected chi connectivity index (χ0v) is 22.9. The van der Waals surface area contributed by atoms with E-state index < -0.39 is 23.7 Å². The lowest BCUT2D eigenvalue weighted by Crippen LogP contribution is -2.12. The Morgan fingerprint density at radius 3 is 1.55 bits per heavy atom. The Labute approximate surface area is 232 Å². The predicted molar refractivity (Wildman–Crippen MR) is 153 cm³/mol. The second-order valence-electron chi connectivity index (χ2n) is 9.36. The Bertz CT molecular complexity index is 1590. The number of benzene rings is 3. The molecule has 7 heteroatoms. The van der Waals surface area contributed by atoms with Crippen LogP contribution in [0.5, 0.6) is 17.2 Å². The lowest BCUT2D eigenvalue weighted by Gasteiger charge is -2.14. The molecule has 0 aliphatic carbocycles. The van der Waals surface area contributed by atoms with Gasteiger partial charge in [-0.25, -0.2) is 18.8 Å². The highest BCUT2D eigenvalue weighted by molar-refractivity contribution is 5.92. The van der Waals surface area contributed by atoms with E-state index in [4.69, 9.17) is 14.2 Å². The molecule has 0 fully saturated rings. The van der Waals surface area contributed by atoms with Gasteiger partial charge in [-0.3, -0.25) is 0 Å². The van der Waals surface area contributed by atoms with Crippen molar-refractivity contribution in [2.45, 2.75) is 27.7 Å². The molecule has 0 spiro atoms. The molecule has 204 valence electrons. The van der Waals surface area contributed by atoms with Crippen LogP contribution in [-0.2, 0) is 14.4 Å². The molecule has 0 bridgehead atoms. The molecule has 0 saturated carbocycles. The fourth-order valence-corrected chi connectivity index (χ4v) is 3.46. The number of esters is 3. The van der Waals surface area contributed by atoms with Gasteiger partial charge >= 0.3 is 17.9 Å². The summed E-state index contributed by atoms with van der Waals surface area (Å²) < 4.78 is 31.5. The highest BCUT2D eigenvalue weighted by Gasteiger charge is 2.18. The first kappa shape index (κ1) is 29.5. The van der Waals surface area contributed by atoms with Crippen LogP contribution in [0.15, 0.2) is 97.6 Å². The van der Waals surface area contributed by atoms with E-state index in [1.807, 2.05) is 0 Å². The van der Waals surface area contributed by atoms with Crippen molar-refractivity contribution >= 4 is 23.5 Å². The first-order valence-corrected chi connectivity index (χ1v) is 12.2. The summed E-state index contributed by atoms with van der Waals surface area (Å²) in [5.74, 6) is -2.31. The minimum Gasteiger partial charge on any atom is -0.423 e. The zero-order chi connectivity index (χ0) is 29.7. The van der Waals surface area contributed by atoms with Gasteiger partial charge in [0.2, 0.25) is 0 Å². The Morgan fingerprint density at radius 1 is 0.575 bits per heavy atom. The Kier molecular flexibility index (Phi) is 9.01. The maximum atomic E-state index is 15.4. The molecular formula is C33H29FO6. The molecule has 0 amide bonds. The summed E-state index contributed by atoms with van der Waals surface area (Å²) in [7, 11) is 0. The van der Waals surface area contributed by atoms with Crippen LogP contribution in [0.4, 0.5) is 4.39 Å². The lowest BCUT2D eigenvalue weighted by atomic mass is 9.96. The molecule has 0 atom stereocenters. The number of carbonyl (C=O) groups is 3. The van der Waals surface area contributed by atoms with Gasteiger partial charge in [-0.05, 0) is 80.3 Å². The van der Waals surface area contributed by atoms with Crippen molar-refractivity contribution < 1.29 is 33.0 Å².